The molecule has 0 aliphatic carbocycles. The fourth-order valence-electron chi connectivity index (χ4n) is 5.29. The summed E-state index contributed by atoms with van der Waals surface area (Å²) in [4.78, 5) is 12.2. The van der Waals surface area contributed by atoms with Gasteiger partial charge in [0.2, 0.25) is 5.91 Å². The van der Waals surface area contributed by atoms with Gasteiger partial charge in [-0.15, -0.1) is 0 Å². The Morgan fingerprint density at radius 1 is 0.590 bits per heavy atom. The first-order valence-corrected chi connectivity index (χ1v) is 17.4. The summed E-state index contributed by atoms with van der Waals surface area (Å²) in [6.07, 6.45) is 37.4. The summed E-state index contributed by atoms with van der Waals surface area (Å²) in [7, 11) is 0. The number of allylic oxidation sites excluding steroid dienone is 1. The third-order valence-corrected chi connectivity index (χ3v) is 8.02. The second-order valence-corrected chi connectivity index (χ2v) is 11.9. The number of rotatable bonds is 31. The highest BCUT2D eigenvalue weighted by molar-refractivity contribution is 5.76. The van der Waals surface area contributed by atoms with Gasteiger partial charge in [-0.3, -0.25) is 4.79 Å². The van der Waals surface area contributed by atoms with E-state index >= 15 is 0 Å². The van der Waals surface area contributed by atoms with Crippen molar-refractivity contribution in [1.82, 2.24) is 5.32 Å². The van der Waals surface area contributed by atoms with Crippen molar-refractivity contribution in [2.24, 2.45) is 0 Å². The fourth-order valence-corrected chi connectivity index (χ4v) is 5.29. The third kappa shape index (κ3) is 28.5. The van der Waals surface area contributed by atoms with E-state index in [9.17, 15) is 15.0 Å². The lowest BCUT2D eigenvalue weighted by Crippen LogP contribution is -2.45. The summed E-state index contributed by atoms with van der Waals surface area (Å²) in [5.41, 5.74) is 0. The number of hydrogen-bond acceptors (Lipinski definition) is 3. The monoisotopic (exact) mass is 552 g/mol. The molecule has 2 atom stereocenters. The molecule has 0 aromatic rings. The van der Waals surface area contributed by atoms with Gasteiger partial charge in [-0.1, -0.05) is 174 Å². The molecule has 0 aliphatic rings. The number of aliphatic hydroxyl groups excluding tert-OH is 2. The molecule has 4 nitrogen and oxygen atoms in total. The van der Waals surface area contributed by atoms with Crippen molar-refractivity contribution in [3.05, 3.63) is 12.2 Å². The summed E-state index contributed by atoms with van der Waals surface area (Å²) >= 11 is 0. The zero-order valence-corrected chi connectivity index (χ0v) is 26.4. The van der Waals surface area contributed by atoms with E-state index in [1.807, 2.05) is 6.08 Å². The molecular formula is C35H69NO3. The van der Waals surface area contributed by atoms with E-state index in [2.05, 4.69) is 19.2 Å². The molecule has 0 aromatic heterocycles. The van der Waals surface area contributed by atoms with Crippen LogP contribution in [-0.2, 0) is 4.79 Å². The van der Waals surface area contributed by atoms with E-state index in [0.717, 1.165) is 25.7 Å². The maximum absolute atomic E-state index is 12.2. The molecule has 1 amide bonds. The van der Waals surface area contributed by atoms with Gasteiger partial charge in [0.1, 0.15) is 0 Å². The highest BCUT2D eigenvalue weighted by Gasteiger charge is 2.17. The van der Waals surface area contributed by atoms with E-state index in [1.54, 1.807) is 6.08 Å². The van der Waals surface area contributed by atoms with Gasteiger partial charge in [0.25, 0.3) is 0 Å². The summed E-state index contributed by atoms with van der Waals surface area (Å²) in [6, 6.07) is -0.612. The van der Waals surface area contributed by atoms with E-state index in [4.69, 9.17) is 0 Å². The van der Waals surface area contributed by atoms with Crippen LogP contribution in [0, 0.1) is 0 Å². The molecule has 3 N–H and O–H groups in total. The van der Waals surface area contributed by atoms with Crippen LogP contribution in [0.4, 0.5) is 0 Å². The molecule has 0 saturated heterocycles. The zero-order chi connectivity index (χ0) is 28.7. The minimum absolute atomic E-state index is 0.0662. The average molecular weight is 552 g/mol. The number of hydrogen-bond donors (Lipinski definition) is 3. The summed E-state index contributed by atoms with van der Waals surface area (Å²) in [5, 5.41) is 22.7. The Labute approximate surface area is 244 Å². The molecule has 0 saturated carbocycles. The standard InChI is InChI=1S/C35H69NO3/c1-3-5-7-9-11-12-13-14-15-16-17-18-19-20-21-22-23-25-27-29-31-35(39)36-33(32-37)34(38)30-28-26-24-10-8-6-4-2/h28,30,33-34,37-38H,3-27,29,31-32H2,1-2H3,(H,36,39)/b30-28+. The molecule has 0 bridgehead atoms. The SMILES string of the molecule is CCCCCCC/C=C/C(O)C(CO)NC(=O)CCCCCCCCCCCCCCCCCCCCCC. The predicted octanol–water partition coefficient (Wildman–Crippen LogP) is 9.95. The molecule has 0 aliphatic heterocycles. The highest BCUT2D eigenvalue weighted by atomic mass is 16.3. The van der Waals surface area contributed by atoms with Crippen LogP contribution in [0.2, 0.25) is 0 Å². The van der Waals surface area contributed by atoms with Crippen molar-refractivity contribution in [1.29, 1.82) is 0 Å². The molecule has 0 radical (unpaired) electrons. The Balaban J connectivity index is 3.48. The molecular weight excluding hydrogens is 482 g/mol. The van der Waals surface area contributed by atoms with Gasteiger partial charge in [0.15, 0.2) is 0 Å². The van der Waals surface area contributed by atoms with Crippen molar-refractivity contribution in [2.45, 2.75) is 199 Å². The van der Waals surface area contributed by atoms with Crippen molar-refractivity contribution >= 4 is 5.91 Å². The number of nitrogens with one attached hydrogen (secondary N) is 1. The van der Waals surface area contributed by atoms with Crippen molar-refractivity contribution < 1.29 is 15.0 Å². The second kappa shape index (κ2) is 31.7. The van der Waals surface area contributed by atoms with Crippen LogP contribution in [0.5, 0.6) is 0 Å². The number of carbonyl (C=O) groups is 1. The smallest absolute Gasteiger partial charge is 0.220 e. The third-order valence-electron chi connectivity index (χ3n) is 8.02. The first-order valence-electron chi connectivity index (χ1n) is 17.4. The van der Waals surface area contributed by atoms with Gasteiger partial charge in [-0.05, 0) is 19.3 Å². The first-order chi connectivity index (χ1) is 19.2. The van der Waals surface area contributed by atoms with E-state index in [-0.39, 0.29) is 12.5 Å². The van der Waals surface area contributed by atoms with Gasteiger partial charge >= 0.3 is 0 Å². The highest BCUT2D eigenvalue weighted by Crippen LogP contribution is 2.15. The predicted molar refractivity (Wildman–Crippen MR) is 170 cm³/mol. The van der Waals surface area contributed by atoms with Crippen LogP contribution in [0.1, 0.15) is 187 Å². The molecule has 0 rings (SSSR count). The van der Waals surface area contributed by atoms with Crippen LogP contribution >= 0.6 is 0 Å². The van der Waals surface area contributed by atoms with E-state index in [0.29, 0.717) is 6.42 Å². The van der Waals surface area contributed by atoms with Crippen molar-refractivity contribution in [3.8, 4) is 0 Å². The second-order valence-electron chi connectivity index (χ2n) is 11.9. The lowest BCUT2D eigenvalue weighted by molar-refractivity contribution is -0.123. The summed E-state index contributed by atoms with van der Waals surface area (Å²) in [6.45, 7) is 4.25. The van der Waals surface area contributed by atoms with Crippen LogP contribution in [0.15, 0.2) is 12.2 Å². The summed E-state index contributed by atoms with van der Waals surface area (Å²) < 4.78 is 0. The lowest BCUT2D eigenvalue weighted by Gasteiger charge is -2.20. The Bertz CT molecular complexity index is 522. The van der Waals surface area contributed by atoms with Gasteiger partial charge < -0.3 is 15.5 Å². The minimum atomic E-state index is -0.829. The zero-order valence-electron chi connectivity index (χ0n) is 26.4. The van der Waals surface area contributed by atoms with Crippen LogP contribution < -0.4 is 5.32 Å². The van der Waals surface area contributed by atoms with Gasteiger partial charge in [-0.25, -0.2) is 0 Å². The molecule has 4 heteroatoms. The molecule has 2 unspecified atom stereocenters. The largest absolute Gasteiger partial charge is 0.394 e. The molecule has 39 heavy (non-hydrogen) atoms. The normalized spacial score (nSPS) is 13.2. The van der Waals surface area contributed by atoms with E-state index < -0.39 is 12.1 Å². The Morgan fingerprint density at radius 3 is 1.33 bits per heavy atom. The van der Waals surface area contributed by atoms with Gasteiger partial charge in [-0.2, -0.15) is 0 Å². The van der Waals surface area contributed by atoms with Crippen molar-refractivity contribution in [3.63, 3.8) is 0 Å². The minimum Gasteiger partial charge on any atom is -0.394 e. The fraction of sp³-hybridized carbons (Fsp3) is 0.914. The molecule has 0 heterocycles. The number of amides is 1. The number of carbonyl (C=O) groups excluding carboxylic acids is 1. The Kier molecular flexibility index (Phi) is 30.9. The van der Waals surface area contributed by atoms with Crippen LogP contribution in [-0.4, -0.2) is 34.9 Å². The average Bonchev–Trinajstić information content (AvgIpc) is 2.94. The Hall–Kier alpha value is -0.870. The molecule has 0 fully saturated rings. The first kappa shape index (κ1) is 38.1. The van der Waals surface area contributed by atoms with Crippen LogP contribution in [0.25, 0.3) is 0 Å². The lowest BCUT2D eigenvalue weighted by atomic mass is 10.0. The molecule has 232 valence electrons. The summed E-state index contributed by atoms with van der Waals surface area (Å²) in [5.74, 6) is -0.0662. The van der Waals surface area contributed by atoms with Gasteiger partial charge in [0, 0.05) is 6.42 Å². The topological polar surface area (TPSA) is 69.6 Å². The van der Waals surface area contributed by atoms with Crippen molar-refractivity contribution in [2.75, 3.05) is 6.61 Å². The Morgan fingerprint density at radius 2 is 0.949 bits per heavy atom. The molecule has 0 aromatic carbocycles. The maximum atomic E-state index is 12.2. The molecule has 0 spiro atoms. The number of unbranched alkanes of at least 4 members (excludes halogenated alkanes) is 24. The van der Waals surface area contributed by atoms with Gasteiger partial charge in [0.05, 0.1) is 18.8 Å². The number of aliphatic hydroxyl groups is 2. The van der Waals surface area contributed by atoms with Crippen LogP contribution in [0.3, 0.4) is 0 Å². The maximum Gasteiger partial charge on any atom is 0.220 e. The van der Waals surface area contributed by atoms with E-state index in [1.165, 1.54) is 141 Å². The quantitative estimate of drug-likeness (QED) is 0.0593.